The van der Waals surface area contributed by atoms with Gasteiger partial charge in [0.2, 0.25) is 0 Å². The van der Waals surface area contributed by atoms with E-state index in [-0.39, 0.29) is 0 Å². The summed E-state index contributed by atoms with van der Waals surface area (Å²) in [5, 5.41) is 2.49. The van der Waals surface area contributed by atoms with Gasteiger partial charge in [0.25, 0.3) is 0 Å². The maximum Gasteiger partial charge on any atom is 0.0542 e. The quantitative estimate of drug-likeness (QED) is 0.193. The molecule has 3 heteroatoms. The number of nitrogens with zero attached hydrogens (tertiary/aromatic N) is 3. The van der Waals surface area contributed by atoms with Crippen molar-refractivity contribution in [1.29, 1.82) is 0 Å². The van der Waals surface area contributed by atoms with Gasteiger partial charge in [-0.15, -0.1) is 0 Å². The first-order valence-corrected chi connectivity index (χ1v) is 17.4. The molecule has 8 aromatic rings. The lowest BCUT2D eigenvalue weighted by atomic mass is 10.0. The van der Waals surface area contributed by atoms with Crippen LogP contribution >= 0.6 is 0 Å². The van der Waals surface area contributed by atoms with Gasteiger partial charge in [-0.2, -0.15) is 0 Å². The summed E-state index contributed by atoms with van der Waals surface area (Å²) >= 11 is 0. The summed E-state index contributed by atoms with van der Waals surface area (Å²) in [5.74, 6) is 0. The molecule has 0 N–H and O–H groups in total. The molecule has 0 bridgehead atoms. The summed E-state index contributed by atoms with van der Waals surface area (Å²) in [6.07, 6.45) is 4.12. The Hall–Kier alpha value is -6.06. The first kappa shape index (κ1) is 28.0. The lowest BCUT2D eigenvalue weighted by Gasteiger charge is -2.27. The molecule has 0 spiro atoms. The Labute approximate surface area is 286 Å². The van der Waals surface area contributed by atoms with Crippen molar-refractivity contribution < 1.29 is 0 Å². The number of hydrogen-bond acceptors (Lipinski definition) is 2. The maximum absolute atomic E-state index is 2.48. The number of hydrogen-bond donors (Lipinski definition) is 0. The number of aryl methyl sites for hydroxylation is 4. The Kier molecular flexibility index (Phi) is 6.45. The first-order valence-electron chi connectivity index (χ1n) is 17.4. The van der Waals surface area contributed by atoms with Gasteiger partial charge in [0, 0.05) is 50.6 Å². The fourth-order valence-electron chi connectivity index (χ4n) is 8.25. The number of fused-ring (bicyclic) bond motifs is 7. The minimum atomic E-state index is 1.03. The Morgan fingerprint density at radius 3 is 1.04 bits per heavy atom. The molecule has 0 amide bonds. The zero-order valence-electron chi connectivity index (χ0n) is 27.3. The highest BCUT2D eigenvalue weighted by atomic mass is 15.2. The fourth-order valence-corrected chi connectivity index (χ4v) is 8.25. The Morgan fingerprint density at radius 2 is 0.653 bits per heavy atom. The predicted molar refractivity (Wildman–Crippen MR) is 205 cm³/mol. The highest BCUT2D eigenvalue weighted by Crippen LogP contribution is 2.46. The Morgan fingerprint density at radius 1 is 0.306 bits per heavy atom. The third kappa shape index (κ3) is 4.50. The predicted octanol–water partition coefficient (Wildman–Crippen LogP) is 11.9. The number of para-hydroxylation sites is 5. The van der Waals surface area contributed by atoms with E-state index in [1.807, 2.05) is 0 Å². The maximum atomic E-state index is 2.48. The Balaban J connectivity index is 1.24. The van der Waals surface area contributed by atoms with Crippen LogP contribution in [-0.2, 0) is 25.7 Å². The molecule has 2 aliphatic heterocycles. The molecule has 10 rings (SSSR count). The van der Waals surface area contributed by atoms with Crippen LogP contribution in [0.3, 0.4) is 0 Å². The van der Waals surface area contributed by atoms with Crippen molar-refractivity contribution in [2.24, 2.45) is 0 Å². The van der Waals surface area contributed by atoms with Crippen molar-refractivity contribution in [2.75, 3.05) is 9.80 Å². The van der Waals surface area contributed by atoms with Crippen LogP contribution in [-0.4, -0.2) is 4.57 Å². The van der Waals surface area contributed by atoms with Gasteiger partial charge in [0.05, 0.1) is 11.0 Å². The largest absolute Gasteiger partial charge is 0.310 e. The SMILES string of the molecule is c1ccc(-n2c3ccc(N4c5ccccc5CCc5ccccc54)cc3c3cc(N4c5ccccc5CCc5ccccc54)ccc32)cc1. The van der Waals surface area contributed by atoms with E-state index in [9.17, 15) is 0 Å². The van der Waals surface area contributed by atoms with E-state index < -0.39 is 0 Å². The minimum absolute atomic E-state index is 1.03. The fraction of sp³-hybridized carbons (Fsp3) is 0.0870. The highest BCUT2D eigenvalue weighted by molar-refractivity contribution is 6.12. The minimum Gasteiger partial charge on any atom is -0.310 e. The molecule has 49 heavy (non-hydrogen) atoms. The molecule has 0 atom stereocenters. The van der Waals surface area contributed by atoms with Gasteiger partial charge >= 0.3 is 0 Å². The van der Waals surface area contributed by atoms with Crippen molar-refractivity contribution in [3.8, 4) is 5.69 Å². The molecule has 3 heterocycles. The molecule has 1 aromatic heterocycles. The molecule has 0 saturated heterocycles. The van der Waals surface area contributed by atoms with Gasteiger partial charge in [0.1, 0.15) is 0 Å². The second kappa shape index (κ2) is 11.3. The van der Waals surface area contributed by atoms with Crippen molar-refractivity contribution >= 4 is 55.9 Å². The third-order valence-corrected chi connectivity index (χ3v) is 10.5. The molecule has 0 aliphatic carbocycles. The number of benzene rings is 7. The summed E-state index contributed by atoms with van der Waals surface area (Å²) in [6, 6.07) is 60.5. The molecule has 0 fully saturated rings. The van der Waals surface area contributed by atoms with Gasteiger partial charge in [-0.25, -0.2) is 0 Å². The van der Waals surface area contributed by atoms with Gasteiger partial charge < -0.3 is 14.4 Å². The van der Waals surface area contributed by atoms with Crippen LogP contribution in [0.2, 0.25) is 0 Å². The number of anilines is 6. The summed E-state index contributed by atoms with van der Waals surface area (Å²) in [4.78, 5) is 4.96. The van der Waals surface area contributed by atoms with Gasteiger partial charge in [-0.05, 0) is 121 Å². The van der Waals surface area contributed by atoms with E-state index in [4.69, 9.17) is 0 Å². The highest BCUT2D eigenvalue weighted by Gasteiger charge is 2.25. The zero-order chi connectivity index (χ0) is 32.3. The molecular formula is C46H35N3. The van der Waals surface area contributed by atoms with Gasteiger partial charge in [0.15, 0.2) is 0 Å². The van der Waals surface area contributed by atoms with Crippen LogP contribution in [0, 0.1) is 0 Å². The van der Waals surface area contributed by atoms with Crippen molar-refractivity contribution in [2.45, 2.75) is 25.7 Å². The van der Waals surface area contributed by atoms with Crippen LogP contribution in [0.4, 0.5) is 34.1 Å². The normalized spacial score (nSPS) is 13.7. The summed E-state index contributed by atoms with van der Waals surface area (Å²) in [5.41, 5.74) is 16.5. The molecule has 0 radical (unpaired) electrons. The smallest absolute Gasteiger partial charge is 0.0542 e. The summed E-state index contributed by atoms with van der Waals surface area (Å²) in [6.45, 7) is 0. The van der Waals surface area contributed by atoms with E-state index in [1.165, 1.54) is 83.9 Å². The lowest BCUT2D eigenvalue weighted by molar-refractivity contribution is 0.977. The zero-order valence-corrected chi connectivity index (χ0v) is 27.3. The van der Waals surface area contributed by atoms with Crippen molar-refractivity contribution in [3.63, 3.8) is 0 Å². The Bertz CT molecular complexity index is 2270. The van der Waals surface area contributed by atoms with Crippen molar-refractivity contribution in [1.82, 2.24) is 4.57 Å². The number of aromatic nitrogens is 1. The third-order valence-electron chi connectivity index (χ3n) is 10.5. The van der Waals surface area contributed by atoms with E-state index in [0.29, 0.717) is 0 Å². The topological polar surface area (TPSA) is 11.4 Å². The van der Waals surface area contributed by atoms with Crippen LogP contribution in [0.1, 0.15) is 22.3 Å². The average molecular weight is 630 g/mol. The summed E-state index contributed by atoms with van der Waals surface area (Å²) in [7, 11) is 0. The van der Waals surface area contributed by atoms with E-state index in [0.717, 1.165) is 25.7 Å². The molecule has 0 unspecified atom stereocenters. The van der Waals surface area contributed by atoms with Crippen LogP contribution < -0.4 is 9.80 Å². The molecule has 0 saturated carbocycles. The first-order chi connectivity index (χ1) is 24.3. The molecule has 7 aromatic carbocycles. The molecular weight excluding hydrogens is 595 g/mol. The average Bonchev–Trinajstić information content (AvgIpc) is 3.26. The van der Waals surface area contributed by atoms with Crippen molar-refractivity contribution in [3.05, 3.63) is 186 Å². The van der Waals surface area contributed by atoms with Crippen LogP contribution in [0.5, 0.6) is 0 Å². The van der Waals surface area contributed by atoms with Gasteiger partial charge in [-0.3, -0.25) is 0 Å². The molecule has 234 valence electrons. The molecule has 2 aliphatic rings. The monoisotopic (exact) mass is 629 g/mol. The second-order valence-corrected chi connectivity index (χ2v) is 13.3. The van der Waals surface area contributed by atoms with E-state index >= 15 is 0 Å². The van der Waals surface area contributed by atoms with Crippen LogP contribution in [0.25, 0.3) is 27.5 Å². The number of rotatable bonds is 3. The lowest BCUT2D eigenvalue weighted by Crippen LogP contribution is -2.11. The van der Waals surface area contributed by atoms with Gasteiger partial charge in [-0.1, -0.05) is 91.0 Å². The second-order valence-electron chi connectivity index (χ2n) is 13.3. The van der Waals surface area contributed by atoms with E-state index in [1.54, 1.807) is 0 Å². The van der Waals surface area contributed by atoms with E-state index in [2.05, 4.69) is 178 Å². The standard InChI is InChI=1S/C46H35N3/c1-2-16-36(17-3-1)47-45-28-26-37(48-41-18-8-4-12-32(41)22-23-33-13-5-9-19-42(33)48)30-39(45)40-31-38(27-29-46(40)47)49-43-20-10-6-14-34(43)24-25-35-15-7-11-21-44(35)49/h1-21,26-31H,22-25H2. The van der Waals surface area contributed by atoms with Crippen LogP contribution in [0.15, 0.2) is 164 Å². The summed E-state index contributed by atoms with van der Waals surface area (Å²) < 4.78 is 2.42. The molecule has 3 nitrogen and oxygen atoms in total.